The average Bonchev–Trinajstić information content (AvgIpc) is 2.98. The molecule has 25 heavy (non-hydrogen) atoms. The predicted octanol–water partition coefficient (Wildman–Crippen LogP) is 0.431. The molecule has 1 aromatic carbocycles. The number of amides is 2. The molecule has 0 aliphatic heterocycles. The van der Waals surface area contributed by atoms with E-state index in [-0.39, 0.29) is 36.7 Å². The molecule has 0 spiro atoms. The first-order valence-corrected chi connectivity index (χ1v) is 7.57. The summed E-state index contributed by atoms with van der Waals surface area (Å²) in [6, 6.07) is 6.44. The number of tetrazole rings is 1. The zero-order valence-corrected chi connectivity index (χ0v) is 15.1. The van der Waals surface area contributed by atoms with E-state index in [0.717, 1.165) is 5.69 Å². The van der Waals surface area contributed by atoms with Gasteiger partial charge in [0.15, 0.2) is 5.82 Å². The third-order valence-corrected chi connectivity index (χ3v) is 3.44. The smallest absolute Gasteiger partial charge is 0.243 e. The molecule has 136 valence electrons. The maximum atomic E-state index is 12.0. The molecular weight excluding hydrogens is 346 g/mol. The van der Waals surface area contributed by atoms with Crippen molar-refractivity contribution >= 4 is 29.9 Å². The normalized spacial score (nSPS) is 11.6. The quantitative estimate of drug-likeness (QED) is 0.679. The van der Waals surface area contributed by atoms with Gasteiger partial charge in [-0.1, -0.05) is 19.9 Å². The number of halogens is 1. The lowest BCUT2D eigenvalue weighted by Gasteiger charge is -2.15. The summed E-state index contributed by atoms with van der Waals surface area (Å²) in [4.78, 5) is 23.7. The van der Waals surface area contributed by atoms with Crippen molar-refractivity contribution < 1.29 is 9.59 Å². The van der Waals surface area contributed by atoms with Gasteiger partial charge in [-0.3, -0.25) is 9.59 Å². The van der Waals surface area contributed by atoms with Gasteiger partial charge in [-0.2, -0.15) is 4.68 Å². The van der Waals surface area contributed by atoms with Crippen LogP contribution in [0, 0.1) is 12.8 Å². The van der Waals surface area contributed by atoms with Gasteiger partial charge in [0.2, 0.25) is 11.8 Å². The second kappa shape index (κ2) is 9.09. The van der Waals surface area contributed by atoms with Crippen molar-refractivity contribution in [3.05, 3.63) is 30.1 Å². The van der Waals surface area contributed by atoms with Crippen molar-refractivity contribution in [2.45, 2.75) is 26.8 Å². The second-order valence-corrected chi connectivity index (χ2v) is 5.72. The highest BCUT2D eigenvalue weighted by Gasteiger charge is 2.17. The number of benzene rings is 1. The number of anilines is 1. The van der Waals surface area contributed by atoms with Gasteiger partial charge in [0.25, 0.3) is 0 Å². The number of hydrogen-bond donors (Lipinski definition) is 3. The molecule has 0 radical (unpaired) electrons. The van der Waals surface area contributed by atoms with E-state index < -0.39 is 6.04 Å². The van der Waals surface area contributed by atoms with Gasteiger partial charge < -0.3 is 16.4 Å². The molecule has 1 aromatic heterocycles. The van der Waals surface area contributed by atoms with Gasteiger partial charge in [0, 0.05) is 5.69 Å². The van der Waals surface area contributed by atoms with Crippen molar-refractivity contribution in [1.29, 1.82) is 0 Å². The molecule has 10 heteroatoms. The van der Waals surface area contributed by atoms with Crippen LogP contribution in [-0.4, -0.2) is 44.6 Å². The Morgan fingerprint density at radius 2 is 2.04 bits per heavy atom. The number of hydrogen-bond acceptors (Lipinski definition) is 6. The Bertz CT molecular complexity index is 732. The maximum absolute atomic E-state index is 12.0. The lowest BCUT2D eigenvalue weighted by Crippen LogP contribution is -2.46. The minimum absolute atomic E-state index is 0. The Balaban J connectivity index is 0.00000312. The molecule has 1 heterocycles. The van der Waals surface area contributed by atoms with Crippen molar-refractivity contribution in [1.82, 2.24) is 25.5 Å². The van der Waals surface area contributed by atoms with Gasteiger partial charge in [-0.15, -0.1) is 17.5 Å². The van der Waals surface area contributed by atoms with Crippen molar-refractivity contribution in [2.24, 2.45) is 11.7 Å². The fourth-order valence-electron chi connectivity index (χ4n) is 1.98. The monoisotopic (exact) mass is 367 g/mol. The van der Waals surface area contributed by atoms with Gasteiger partial charge >= 0.3 is 0 Å². The van der Waals surface area contributed by atoms with Crippen LogP contribution in [-0.2, 0) is 9.59 Å². The average molecular weight is 368 g/mol. The van der Waals surface area contributed by atoms with Crippen LogP contribution in [0.3, 0.4) is 0 Å². The van der Waals surface area contributed by atoms with Crippen molar-refractivity contribution in [2.75, 3.05) is 11.9 Å². The number of nitrogens with two attached hydrogens (primary N) is 1. The third-order valence-electron chi connectivity index (χ3n) is 3.44. The van der Waals surface area contributed by atoms with E-state index in [4.69, 9.17) is 5.73 Å². The number of nitrogens with zero attached hydrogens (tertiary/aromatic N) is 4. The van der Waals surface area contributed by atoms with E-state index >= 15 is 0 Å². The minimum Gasteiger partial charge on any atom is -0.346 e. The Morgan fingerprint density at radius 3 is 2.64 bits per heavy atom. The number of carbonyl (C=O) groups is 2. The lowest BCUT2D eigenvalue weighted by atomic mass is 10.1. The molecule has 0 saturated heterocycles. The Hall–Kier alpha value is -2.52. The van der Waals surface area contributed by atoms with Gasteiger partial charge in [0.05, 0.1) is 18.3 Å². The summed E-state index contributed by atoms with van der Waals surface area (Å²) in [5.41, 5.74) is 7.02. The first-order valence-electron chi connectivity index (χ1n) is 7.57. The van der Waals surface area contributed by atoms with E-state index in [1.807, 2.05) is 19.9 Å². The molecule has 4 N–H and O–H groups in total. The largest absolute Gasteiger partial charge is 0.346 e. The zero-order valence-electron chi connectivity index (χ0n) is 14.3. The summed E-state index contributed by atoms with van der Waals surface area (Å²) >= 11 is 0. The minimum atomic E-state index is -0.635. The Labute approximate surface area is 151 Å². The van der Waals surface area contributed by atoms with E-state index in [9.17, 15) is 9.59 Å². The maximum Gasteiger partial charge on any atom is 0.243 e. The number of aryl methyl sites for hydroxylation is 1. The fourth-order valence-corrected chi connectivity index (χ4v) is 1.98. The molecule has 1 atom stereocenters. The van der Waals surface area contributed by atoms with Crippen LogP contribution < -0.4 is 16.4 Å². The second-order valence-electron chi connectivity index (χ2n) is 5.72. The molecular formula is C15H22ClN7O2. The number of aromatic nitrogens is 4. The van der Waals surface area contributed by atoms with Crippen LogP contribution >= 0.6 is 12.4 Å². The van der Waals surface area contributed by atoms with E-state index in [1.54, 1.807) is 29.8 Å². The molecule has 0 saturated carbocycles. The first-order chi connectivity index (χ1) is 11.4. The Kier molecular flexibility index (Phi) is 7.46. The third kappa shape index (κ3) is 5.50. The summed E-state index contributed by atoms with van der Waals surface area (Å²) in [6.07, 6.45) is 0. The number of rotatable bonds is 6. The van der Waals surface area contributed by atoms with E-state index in [2.05, 4.69) is 26.2 Å². The SMILES string of the molecule is Cc1nnnn1-c1cccc(NC(=O)CNC(=O)[C@@H](N)C(C)C)c1.Cl. The van der Waals surface area contributed by atoms with E-state index in [0.29, 0.717) is 11.5 Å². The van der Waals surface area contributed by atoms with Crippen LogP contribution in [0.1, 0.15) is 19.7 Å². The summed E-state index contributed by atoms with van der Waals surface area (Å²) in [7, 11) is 0. The Morgan fingerprint density at radius 1 is 1.32 bits per heavy atom. The molecule has 0 aliphatic carbocycles. The summed E-state index contributed by atoms with van der Waals surface area (Å²) in [6.45, 7) is 5.32. The summed E-state index contributed by atoms with van der Waals surface area (Å²) in [5.74, 6) is -0.0548. The first kappa shape index (κ1) is 20.5. The molecule has 9 nitrogen and oxygen atoms in total. The van der Waals surface area contributed by atoms with Crippen LogP contribution in [0.15, 0.2) is 24.3 Å². The van der Waals surface area contributed by atoms with Gasteiger partial charge in [0.1, 0.15) is 0 Å². The molecule has 2 amide bonds. The number of carbonyl (C=O) groups excluding carboxylic acids is 2. The van der Waals surface area contributed by atoms with Gasteiger partial charge in [-0.05, 0) is 41.5 Å². The summed E-state index contributed by atoms with van der Waals surface area (Å²) in [5, 5.41) is 16.5. The molecule has 0 aliphatic rings. The molecule has 0 fully saturated rings. The van der Waals surface area contributed by atoms with E-state index in [1.165, 1.54) is 0 Å². The lowest BCUT2D eigenvalue weighted by molar-refractivity contribution is -0.125. The topological polar surface area (TPSA) is 128 Å². The molecule has 0 unspecified atom stereocenters. The highest BCUT2D eigenvalue weighted by molar-refractivity contribution is 5.95. The van der Waals surface area contributed by atoms with Crippen LogP contribution in [0.5, 0.6) is 0 Å². The van der Waals surface area contributed by atoms with Crippen molar-refractivity contribution in [3.8, 4) is 5.69 Å². The fraction of sp³-hybridized carbons (Fsp3) is 0.400. The molecule has 2 aromatic rings. The van der Waals surface area contributed by atoms with Crippen molar-refractivity contribution in [3.63, 3.8) is 0 Å². The van der Waals surface area contributed by atoms with Crippen LogP contribution in [0.25, 0.3) is 5.69 Å². The summed E-state index contributed by atoms with van der Waals surface area (Å²) < 4.78 is 1.55. The van der Waals surface area contributed by atoms with Gasteiger partial charge in [-0.25, -0.2) is 0 Å². The predicted molar refractivity (Wildman–Crippen MR) is 95.6 cm³/mol. The highest BCUT2D eigenvalue weighted by atomic mass is 35.5. The molecule has 0 bridgehead atoms. The molecule has 2 rings (SSSR count). The standard InChI is InChI=1S/C15H21N7O2.ClH/c1-9(2)14(16)15(24)17-8-13(23)18-11-5-4-6-12(7-11)22-10(3)19-20-21-22;/h4-7,9,14H,8,16H2,1-3H3,(H,17,24)(H,18,23);1H/t14-;/m0./s1. The number of nitrogens with one attached hydrogen (secondary N) is 2. The van der Waals surface area contributed by atoms with Crippen LogP contribution in [0.4, 0.5) is 5.69 Å². The highest BCUT2D eigenvalue weighted by Crippen LogP contribution is 2.14. The zero-order chi connectivity index (χ0) is 17.7. The van der Waals surface area contributed by atoms with Crippen LogP contribution in [0.2, 0.25) is 0 Å².